The molecule has 1 aromatic rings. The van der Waals surface area contributed by atoms with E-state index in [1.54, 1.807) is 13.0 Å². The van der Waals surface area contributed by atoms with Gasteiger partial charge in [0.15, 0.2) is 5.69 Å². The van der Waals surface area contributed by atoms with Crippen LogP contribution >= 0.6 is 0 Å². The van der Waals surface area contributed by atoms with E-state index < -0.39 is 0 Å². The normalized spacial score (nSPS) is 24.7. The van der Waals surface area contributed by atoms with Crippen LogP contribution in [0.25, 0.3) is 0 Å². The monoisotopic (exact) mass is 392 g/mol. The number of hydrogen-bond donors (Lipinski definition) is 2. The van der Waals surface area contributed by atoms with Crippen molar-refractivity contribution in [2.75, 3.05) is 26.3 Å². The van der Waals surface area contributed by atoms with Crippen LogP contribution in [0.1, 0.15) is 55.8 Å². The van der Waals surface area contributed by atoms with Crippen molar-refractivity contribution in [1.82, 2.24) is 20.7 Å². The number of carbonyl (C=O) groups excluding carboxylic acids is 2. The molecule has 2 atom stereocenters. The second-order valence-corrected chi connectivity index (χ2v) is 8.23. The smallest absolute Gasteiger partial charge is 0.273 e. The van der Waals surface area contributed by atoms with Gasteiger partial charge in [0.1, 0.15) is 5.76 Å². The Morgan fingerprint density at radius 3 is 2.57 bits per heavy atom. The first-order chi connectivity index (χ1) is 13.4. The third kappa shape index (κ3) is 5.54. The number of rotatable bonds is 5. The van der Waals surface area contributed by atoms with Gasteiger partial charge >= 0.3 is 0 Å². The van der Waals surface area contributed by atoms with Gasteiger partial charge in [0.05, 0.1) is 5.92 Å². The Bertz CT molecular complexity index is 669. The van der Waals surface area contributed by atoms with E-state index in [2.05, 4.69) is 20.7 Å². The summed E-state index contributed by atoms with van der Waals surface area (Å²) in [6.07, 6.45) is 3.43. The van der Waals surface area contributed by atoms with Crippen molar-refractivity contribution in [2.24, 2.45) is 5.92 Å². The minimum Gasteiger partial charge on any atom is -0.381 e. The minimum atomic E-state index is -0.223. The van der Waals surface area contributed by atoms with E-state index in [0.717, 1.165) is 52.0 Å². The van der Waals surface area contributed by atoms with Crippen molar-refractivity contribution in [3.63, 3.8) is 0 Å². The lowest BCUT2D eigenvalue weighted by Crippen LogP contribution is -2.49. The summed E-state index contributed by atoms with van der Waals surface area (Å²) in [7, 11) is 0. The van der Waals surface area contributed by atoms with Crippen molar-refractivity contribution in [2.45, 2.75) is 64.6 Å². The van der Waals surface area contributed by atoms with Crippen LogP contribution < -0.4 is 10.6 Å². The van der Waals surface area contributed by atoms with Gasteiger partial charge < -0.3 is 19.9 Å². The highest BCUT2D eigenvalue weighted by molar-refractivity contribution is 5.92. The molecule has 1 aromatic heterocycles. The summed E-state index contributed by atoms with van der Waals surface area (Å²) >= 11 is 0. The van der Waals surface area contributed by atoms with Crippen LogP contribution in [0.2, 0.25) is 0 Å². The maximum absolute atomic E-state index is 12.7. The van der Waals surface area contributed by atoms with Crippen LogP contribution in [-0.4, -0.2) is 66.3 Å². The average molecular weight is 393 g/mol. The van der Waals surface area contributed by atoms with E-state index in [1.807, 2.05) is 13.8 Å². The summed E-state index contributed by atoms with van der Waals surface area (Å²) in [5, 5.41) is 9.95. The number of aromatic nitrogens is 1. The largest absolute Gasteiger partial charge is 0.381 e. The van der Waals surface area contributed by atoms with Gasteiger partial charge in [0.25, 0.3) is 5.91 Å². The fourth-order valence-electron chi connectivity index (χ4n) is 4.04. The third-order valence-electron chi connectivity index (χ3n) is 5.48. The molecule has 0 saturated carbocycles. The van der Waals surface area contributed by atoms with E-state index in [1.165, 1.54) is 0 Å². The zero-order valence-electron chi connectivity index (χ0n) is 17.1. The molecule has 2 fully saturated rings. The molecule has 0 aliphatic carbocycles. The first-order valence-electron chi connectivity index (χ1n) is 10.3. The Kier molecular flexibility index (Phi) is 7.07. The van der Waals surface area contributed by atoms with E-state index in [0.29, 0.717) is 17.5 Å². The van der Waals surface area contributed by atoms with Crippen molar-refractivity contribution < 1.29 is 18.8 Å². The van der Waals surface area contributed by atoms with Gasteiger partial charge in [-0.15, -0.1) is 0 Å². The van der Waals surface area contributed by atoms with Gasteiger partial charge in [0, 0.05) is 50.5 Å². The summed E-state index contributed by atoms with van der Waals surface area (Å²) in [6, 6.07) is 2.12. The molecule has 2 aliphatic heterocycles. The van der Waals surface area contributed by atoms with E-state index in [9.17, 15) is 9.59 Å². The van der Waals surface area contributed by atoms with Crippen LogP contribution in [0, 0.1) is 12.8 Å². The highest BCUT2D eigenvalue weighted by Gasteiger charge is 2.33. The van der Waals surface area contributed by atoms with Crippen LogP contribution in [0.15, 0.2) is 10.6 Å². The number of nitrogens with zero attached hydrogens (tertiary/aromatic N) is 2. The number of aryl methyl sites for hydroxylation is 1. The molecule has 0 radical (unpaired) electrons. The van der Waals surface area contributed by atoms with Gasteiger partial charge in [-0.3, -0.25) is 14.5 Å². The maximum Gasteiger partial charge on any atom is 0.273 e. The third-order valence-corrected chi connectivity index (χ3v) is 5.48. The molecule has 2 N–H and O–H groups in total. The fraction of sp³-hybridized carbons (Fsp3) is 0.750. The number of carbonyl (C=O) groups is 2. The molecular weight excluding hydrogens is 360 g/mol. The summed E-state index contributed by atoms with van der Waals surface area (Å²) in [5.74, 6) is 0.423. The Hall–Kier alpha value is -1.93. The minimum absolute atomic E-state index is 0.0239. The Morgan fingerprint density at radius 1 is 1.18 bits per heavy atom. The molecule has 28 heavy (non-hydrogen) atoms. The molecule has 2 saturated heterocycles. The van der Waals surface area contributed by atoms with Crippen LogP contribution in [0.4, 0.5) is 0 Å². The Labute approximate surface area is 166 Å². The van der Waals surface area contributed by atoms with Crippen molar-refractivity contribution in [3.05, 3.63) is 17.5 Å². The van der Waals surface area contributed by atoms with Gasteiger partial charge in [-0.1, -0.05) is 5.16 Å². The highest BCUT2D eigenvalue weighted by Crippen LogP contribution is 2.23. The zero-order valence-corrected chi connectivity index (χ0v) is 17.1. The second-order valence-electron chi connectivity index (χ2n) is 8.23. The molecule has 0 unspecified atom stereocenters. The molecule has 2 aliphatic rings. The molecule has 8 nitrogen and oxygen atoms in total. The number of ether oxygens (including phenoxy) is 1. The summed E-state index contributed by atoms with van der Waals surface area (Å²) in [6.45, 7) is 8.68. The standard InChI is InChI=1S/C20H32N4O4/c1-13(2)21-19(25)15-4-5-16(22-20(26)18-10-14(3)28-23-18)12-24(11-15)17-6-8-27-9-7-17/h10,13,15-17H,4-9,11-12H2,1-3H3,(H,21,25)(H,22,26)/t15-,16+/m1/s1. The molecule has 8 heteroatoms. The summed E-state index contributed by atoms with van der Waals surface area (Å²) < 4.78 is 10.5. The molecule has 156 valence electrons. The predicted octanol–water partition coefficient (Wildman–Crippen LogP) is 1.50. The SMILES string of the molecule is Cc1cc(C(=O)N[C@H]2CC[C@@H](C(=O)NC(C)C)CN(C3CCOCC3)C2)no1. The number of nitrogens with one attached hydrogen (secondary N) is 2. The zero-order chi connectivity index (χ0) is 20.1. The predicted molar refractivity (Wildman–Crippen MR) is 104 cm³/mol. The van der Waals surface area contributed by atoms with E-state index in [4.69, 9.17) is 9.26 Å². The van der Waals surface area contributed by atoms with Crippen molar-refractivity contribution >= 4 is 11.8 Å². The highest BCUT2D eigenvalue weighted by atomic mass is 16.5. The first-order valence-corrected chi connectivity index (χ1v) is 10.3. The topological polar surface area (TPSA) is 96.7 Å². The number of hydrogen-bond acceptors (Lipinski definition) is 6. The lowest BCUT2D eigenvalue weighted by Gasteiger charge is -2.36. The van der Waals surface area contributed by atoms with Crippen LogP contribution in [-0.2, 0) is 9.53 Å². The lowest BCUT2D eigenvalue weighted by molar-refractivity contribution is -0.126. The Balaban J connectivity index is 1.69. The maximum atomic E-state index is 12.7. The quantitative estimate of drug-likeness (QED) is 0.788. The molecule has 0 spiro atoms. The summed E-state index contributed by atoms with van der Waals surface area (Å²) in [5.41, 5.74) is 0.300. The molecule has 2 amide bonds. The van der Waals surface area contributed by atoms with Crippen molar-refractivity contribution in [3.8, 4) is 0 Å². The Morgan fingerprint density at radius 2 is 1.93 bits per heavy atom. The molecule has 3 rings (SSSR count). The molecule has 0 bridgehead atoms. The van der Waals surface area contributed by atoms with Gasteiger partial charge in [0.2, 0.25) is 5.91 Å². The first kappa shape index (κ1) is 20.8. The molecular formula is C20H32N4O4. The number of likely N-dealkylation sites (tertiary alicyclic amines) is 1. The van der Waals surface area contributed by atoms with Crippen LogP contribution in [0.5, 0.6) is 0 Å². The van der Waals surface area contributed by atoms with Gasteiger partial charge in [-0.25, -0.2) is 0 Å². The van der Waals surface area contributed by atoms with Gasteiger partial charge in [-0.2, -0.15) is 0 Å². The van der Waals surface area contributed by atoms with Crippen molar-refractivity contribution in [1.29, 1.82) is 0 Å². The molecule has 0 aromatic carbocycles. The van der Waals surface area contributed by atoms with Crippen LogP contribution in [0.3, 0.4) is 0 Å². The molecule has 3 heterocycles. The summed E-state index contributed by atoms with van der Waals surface area (Å²) in [4.78, 5) is 27.6. The van der Waals surface area contributed by atoms with E-state index in [-0.39, 0.29) is 29.8 Å². The lowest BCUT2D eigenvalue weighted by atomic mass is 10.00. The number of amides is 2. The van der Waals surface area contributed by atoms with E-state index >= 15 is 0 Å². The second kappa shape index (κ2) is 9.52. The van der Waals surface area contributed by atoms with Gasteiger partial charge in [-0.05, 0) is 46.5 Å². The fourth-order valence-corrected chi connectivity index (χ4v) is 4.04. The average Bonchev–Trinajstić information content (AvgIpc) is 2.98.